The Balaban J connectivity index is 1.92. The minimum atomic E-state index is -3.52. The number of aryl methyl sites for hydroxylation is 1. The van der Waals surface area contributed by atoms with Crippen molar-refractivity contribution in [1.82, 2.24) is 18.8 Å². The molecule has 0 saturated heterocycles. The van der Waals surface area contributed by atoms with E-state index >= 15 is 0 Å². The van der Waals surface area contributed by atoms with E-state index in [0.717, 1.165) is 23.4 Å². The first-order valence-corrected chi connectivity index (χ1v) is 12.0. The Bertz CT molecular complexity index is 1240. The quantitative estimate of drug-likeness (QED) is 0.445. The molecule has 0 unspecified atom stereocenters. The topological polar surface area (TPSA) is 86.1 Å². The molecule has 2 aromatic carbocycles. The van der Waals surface area contributed by atoms with Gasteiger partial charge in [0.1, 0.15) is 5.82 Å². The molecule has 0 aliphatic rings. The Morgan fingerprint density at radius 2 is 1.64 bits per heavy atom. The molecule has 3 rings (SSSR count). The molecule has 0 atom stereocenters. The smallest absolute Gasteiger partial charge is 0.242 e. The lowest BCUT2D eigenvalue weighted by Gasteiger charge is -2.21. The third-order valence-corrected chi connectivity index (χ3v) is 7.34. The number of nitrogens with zero attached hydrogens (tertiary/aromatic N) is 4. The second kappa shape index (κ2) is 9.98. The number of ether oxygens (including phenoxy) is 3. The molecular formula is C23H32N4O5S. The van der Waals surface area contributed by atoms with Crippen LogP contribution >= 0.6 is 0 Å². The standard InChI is InChI=1S/C23H32N4O5S/c1-8-27-19-11-10-17(33(28,29)25(2)3)13-18(19)24-21(27)15-26(4)14-16-9-12-20(30-5)23(32-7)22(16)31-6/h9-13H,8,14-15H2,1-7H3. The lowest BCUT2D eigenvalue weighted by atomic mass is 10.1. The zero-order valence-electron chi connectivity index (χ0n) is 20.2. The average molecular weight is 477 g/mol. The molecule has 0 saturated carbocycles. The van der Waals surface area contributed by atoms with Gasteiger partial charge in [0.2, 0.25) is 15.8 Å². The molecule has 0 amide bonds. The number of fused-ring (bicyclic) bond motifs is 1. The van der Waals surface area contributed by atoms with Gasteiger partial charge in [-0.25, -0.2) is 17.7 Å². The number of hydrogen-bond donors (Lipinski definition) is 0. The molecule has 1 heterocycles. The highest BCUT2D eigenvalue weighted by Gasteiger charge is 2.21. The van der Waals surface area contributed by atoms with Crippen LogP contribution in [0.3, 0.4) is 0 Å². The van der Waals surface area contributed by atoms with E-state index in [4.69, 9.17) is 19.2 Å². The monoisotopic (exact) mass is 476 g/mol. The maximum atomic E-state index is 12.5. The predicted octanol–water partition coefficient (Wildman–Crippen LogP) is 2.96. The molecule has 0 N–H and O–H groups in total. The first kappa shape index (κ1) is 24.8. The summed E-state index contributed by atoms with van der Waals surface area (Å²) in [5.74, 6) is 2.65. The Hall–Kier alpha value is -2.82. The third-order valence-electron chi connectivity index (χ3n) is 5.53. The number of rotatable bonds is 10. The van der Waals surface area contributed by atoms with Crippen LogP contribution in [-0.4, -0.2) is 69.6 Å². The van der Waals surface area contributed by atoms with Crippen LogP contribution in [-0.2, 0) is 29.7 Å². The maximum absolute atomic E-state index is 12.5. The van der Waals surface area contributed by atoms with Gasteiger partial charge >= 0.3 is 0 Å². The molecule has 0 spiro atoms. The molecule has 33 heavy (non-hydrogen) atoms. The Morgan fingerprint density at radius 3 is 2.21 bits per heavy atom. The Morgan fingerprint density at radius 1 is 0.939 bits per heavy atom. The second-order valence-corrected chi connectivity index (χ2v) is 10.0. The van der Waals surface area contributed by atoms with Crippen LogP contribution in [0.1, 0.15) is 18.3 Å². The number of imidazole rings is 1. The maximum Gasteiger partial charge on any atom is 0.242 e. The van der Waals surface area contributed by atoms with Crippen LogP contribution in [0.15, 0.2) is 35.2 Å². The first-order valence-electron chi connectivity index (χ1n) is 10.6. The first-order chi connectivity index (χ1) is 15.7. The summed E-state index contributed by atoms with van der Waals surface area (Å²) >= 11 is 0. The van der Waals surface area contributed by atoms with Crippen LogP contribution in [0.5, 0.6) is 17.2 Å². The zero-order chi connectivity index (χ0) is 24.3. The van der Waals surface area contributed by atoms with Gasteiger partial charge in [0.25, 0.3) is 0 Å². The highest BCUT2D eigenvalue weighted by atomic mass is 32.2. The van der Waals surface area contributed by atoms with Crippen molar-refractivity contribution < 1.29 is 22.6 Å². The van der Waals surface area contributed by atoms with Gasteiger partial charge in [0.15, 0.2) is 11.5 Å². The van der Waals surface area contributed by atoms with Gasteiger partial charge < -0.3 is 18.8 Å². The molecule has 10 heteroatoms. The third kappa shape index (κ3) is 4.78. The van der Waals surface area contributed by atoms with E-state index < -0.39 is 10.0 Å². The average Bonchev–Trinajstić information content (AvgIpc) is 3.14. The highest BCUT2D eigenvalue weighted by molar-refractivity contribution is 7.89. The van der Waals surface area contributed by atoms with Crippen molar-refractivity contribution >= 4 is 21.1 Å². The predicted molar refractivity (Wildman–Crippen MR) is 128 cm³/mol. The van der Waals surface area contributed by atoms with Crippen LogP contribution in [0, 0.1) is 0 Å². The van der Waals surface area contributed by atoms with Gasteiger partial charge in [-0.15, -0.1) is 0 Å². The largest absolute Gasteiger partial charge is 0.493 e. The second-order valence-electron chi connectivity index (χ2n) is 7.88. The van der Waals surface area contributed by atoms with E-state index in [-0.39, 0.29) is 4.90 Å². The molecule has 0 radical (unpaired) electrons. The number of methoxy groups -OCH3 is 3. The summed E-state index contributed by atoms with van der Waals surface area (Å²) < 4.78 is 44.8. The SMILES string of the molecule is CCn1c(CN(C)Cc2ccc(OC)c(OC)c2OC)nc2cc(S(=O)(=O)N(C)C)ccc21. The van der Waals surface area contributed by atoms with Gasteiger partial charge in [-0.05, 0) is 38.2 Å². The number of hydrogen-bond acceptors (Lipinski definition) is 7. The molecule has 0 aliphatic heterocycles. The zero-order valence-corrected chi connectivity index (χ0v) is 21.1. The van der Waals surface area contributed by atoms with Crippen LogP contribution < -0.4 is 14.2 Å². The van der Waals surface area contributed by atoms with E-state index in [1.165, 1.54) is 18.4 Å². The van der Waals surface area contributed by atoms with Crippen molar-refractivity contribution in [2.24, 2.45) is 0 Å². The van der Waals surface area contributed by atoms with Gasteiger partial charge in [-0.2, -0.15) is 0 Å². The fourth-order valence-electron chi connectivity index (χ4n) is 3.88. The van der Waals surface area contributed by atoms with E-state index in [1.807, 2.05) is 32.2 Å². The normalized spacial score (nSPS) is 12.0. The summed E-state index contributed by atoms with van der Waals surface area (Å²) in [7, 11) is 6.30. The van der Waals surface area contributed by atoms with Crippen molar-refractivity contribution in [3.63, 3.8) is 0 Å². The van der Waals surface area contributed by atoms with Crippen molar-refractivity contribution in [2.45, 2.75) is 31.5 Å². The minimum Gasteiger partial charge on any atom is -0.493 e. The van der Waals surface area contributed by atoms with Gasteiger partial charge in [-0.1, -0.05) is 6.07 Å². The van der Waals surface area contributed by atoms with E-state index in [1.54, 1.807) is 33.5 Å². The van der Waals surface area contributed by atoms with Gasteiger partial charge in [0, 0.05) is 32.7 Å². The summed E-state index contributed by atoms with van der Waals surface area (Å²) in [6.45, 7) is 3.93. The van der Waals surface area contributed by atoms with E-state index in [9.17, 15) is 8.42 Å². The van der Waals surface area contributed by atoms with Crippen molar-refractivity contribution in [2.75, 3.05) is 42.5 Å². The molecule has 0 aliphatic carbocycles. The molecule has 9 nitrogen and oxygen atoms in total. The fourth-order valence-corrected chi connectivity index (χ4v) is 4.80. The van der Waals surface area contributed by atoms with Crippen molar-refractivity contribution in [3.8, 4) is 17.2 Å². The number of aromatic nitrogens is 2. The Labute approximate surface area is 195 Å². The van der Waals surface area contributed by atoms with Gasteiger partial charge in [0.05, 0.1) is 43.8 Å². The fraction of sp³-hybridized carbons (Fsp3) is 0.435. The molecule has 1 aromatic heterocycles. The highest BCUT2D eigenvalue weighted by Crippen LogP contribution is 2.40. The number of benzene rings is 2. The van der Waals surface area contributed by atoms with E-state index in [0.29, 0.717) is 35.9 Å². The van der Waals surface area contributed by atoms with Crippen LogP contribution in [0.4, 0.5) is 0 Å². The van der Waals surface area contributed by atoms with Gasteiger partial charge in [-0.3, -0.25) is 4.90 Å². The molecular weight excluding hydrogens is 444 g/mol. The molecule has 180 valence electrons. The minimum absolute atomic E-state index is 0.232. The van der Waals surface area contributed by atoms with Crippen molar-refractivity contribution in [3.05, 3.63) is 41.7 Å². The lowest BCUT2D eigenvalue weighted by Crippen LogP contribution is -2.22. The molecule has 3 aromatic rings. The van der Waals surface area contributed by atoms with Crippen molar-refractivity contribution in [1.29, 1.82) is 0 Å². The Kier molecular flexibility index (Phi) is 7.51. The van der Waals surface area contributed by atoms with Crippen LogP contribution in [0.25, 0.3) is 11.0 Å². The summed E-state index contributed by atoms with van der Waals surface area (Å²) in [5.41, 5.74) is 2.52. The summed E-state index contributed by atoms with van der Waals surface area (Å²) in [5, 5.41) is 0. The number of sulfonamides is 1. The van der Waals surface area contributed by atoms with E-state index in [2.05, 4.69) is 9.47 Å². The summed E-state index contributed by atoms with van der Waals surface area (Å²) in [6.07, 6.45) is 0. The lowest BCUT2D eigenvalue weighted by molar-refractivity contribution is 0.289. The summed E-state index contributed by atoms with van der Waals surface area (Å²) in [4.78, 5) is 7.12. The summed E-state index contributed by atoms with van der Waals surface area (Å²) in [6, 6.07) is 8.91. The molecule has 0 fully saturated rings. The molecule has 0 bridgehead atoms. The van der Waals surface area contributed by atoms with Crippen LogP contribution in [0.2, 0.25) is 0 Å².